The number of fused-ring (bicyclic) bond motifs is 1. The van der Waals surface area contributed by atoms with Crippen LogP contribution in [-0.2, 0) is 0 Å². The van der Waals surface area contributed by atoms with Crippen molar-refractivity contribution in [2.45, 2.75) is 0 Å². The number of aromatic nitrogens is 1. The van der Waals surface area contributed by atoms with Gasteiger partial charge in [-0.2, -0.15) is 0 Å². The van der Waals surface area contributed by atoms with Gasteiger partial charge < -0.3 is 5.11 Å². The van der Waals surface area contributed by atoms with E-state index in [1.165, 1.54) is 0 Å². The van der Waals surface area contributed by atoms with E-state index < -0.39 is 0 Å². The fourth-order valence-corrected chi connectivity index (χ4v) is 2.02. The molecule has 1 N–H and O–H groups in total. The van der Waals surface area contributed by atoms with Crippen molar-refractivity contribution in [2.75, 3.05) is 0 Å². The second kappa shape index (κ2) is 4.31. The molecule has 1 aromatic heterocycles. The van der Waals surface area contributed by atoms with E-state index in [1.54, 1.807) is 12.1 Å². The summed E-state index contributed by atoms with van der Waals surface area (Å²) in [6.07, 6.45) is 0. The third-order valence-corrected chi connectivity index (χ3v) is 3.16. The van der Waals surface area contributed by atoms with Gasteiger partial charge in [-0.25, -0.2) is 4.98 Å². The Morgan fingerprint density at radius 2 is 1.78 bits per heavy atom. The maximum Gasteiger partial charge on any atom is 0.134 e. The summed E-state index contributed by atoms with van der Waals surface area (Å²) in [5.74, 6) is 0.0733. The molecule has 0 radical (unpaired) electrons. The maximum absolute atomic E-state index is 9.61. The molecular weight excluding hydrogens is 246 g/mol. The third kappa shape index (κ3) is 1.91. The van der Waals surface area contributed by atoms with Crippen molar-refractivity contribution >= 4 is 22.5 Å². The van der Waals surface area contributed by atoms with Gasteiger partial charge in [0.1, 0.15) is 5.75 Å². The molecule has 0 unspecified atom stereocenters. The quantitative estimate of drug-likeness (QED) is 0.705. The molecule has 0 fully saturated rings. The highest BCUT2D eigenvalue weighted by Crippen LogP contribution is 2.29. The van der Waals surface area contributed by atoms with E-state index in [1.807, 2.05) is 42.5 Å². The van der Waals surface area contributed by atoms with Crippen LogP contribution in [0.5, 0.6) is 5.75 Å². The Morgan fingerprint density at radius 3 is 2.61 bits per heavy atom. The molecule has 0 saturated carbocycles. The number of phenols is 1. The van der Waals surface area contributed by atoms with Gasteiger partial charge in [0, 0.05) is 10.9 Å². The summed E-state index contributed by atoms with van der Waals surface area (Å²) < 4.78 is 0. The monoisotopic (exact) mass is 255 g/mol. The molecular formula is C15H10ClNO. The van der Waals surface area contributed by atoms with Crippen molar-refractivity contribution in [3.05, 3.63) is 59.6 Å². The van der Waals surface area contributed by atoms with Crippen LogP contribution in [-0.4, -0.2) is 10.1 Å². The number of rotatable bonds is 1. The minimum Gasteiger partial charge on any atom is -0.506 e. The van der Waals surface area contributed by atoms with Crippen LogP contribution in [0, 0.1) is 0 Å². The molecule has 88 valence electrons. The zero-order valence-electron chi connectivity index (χ0n) is 9.47. The molecule has 2 nitrogen and oxygen atoms in total. The molecule has 3 heteroatoms. The maximum atomic E-state index is 9.61. The first kappa shape index (κ1) is 11.1. The van der Waals surface area contributed by atoms with Crippen LogP contribution in [0.15, 0.2) is 54.6 Å². The van der Waals surface area contributed by atoms with Gasteiger partial charge in [0.2, 0.25) is 0 Å². The number of hydrogen-bond acceptors (Lipinski definition) is 2. The third-order valence-electron chi connectivity index (χ3n) is 2.84. The van der Waals surface area contributed by atoms with Crippen LogP contribution in [0.1, 0.15) is 0 Å². The van der Waals surface area contributed by atoms with E-state index in [4.69, 9.17) is 11.6 Å². The number of aromatic hydroxyl groups is 1. The van der Waals surface area contributed by atoms with E-state index in [9.17, 15) is 5.11 Å². The summed E-state index contributed by atoms with van der Waals surface area (Å²) in [7, 11) is 0. The predicted molar refractivity (Wildman–Crippen MR) is 73.9 cm³/mol. The summed E-state index contributed by atoms with van der Waals surface area (Å²) >= 11 is 5.79. The largest absolute Gasteiger partial charge is 0.506 e. The zero-order chi connectivity index (χ0) is 12.5. The van der Waals surface area contributed by atoms with Crippen molar-refractivity contribution in [3.8, 4) is 17.0 Å². The number of phenolic OH excluding ortho intramolecular Hbond substituents is 1. The first-order chi connectivity index (χ1) is 8.74. The standard InChI is InChI=1S/C15H10ClNO/c16-12-7-5-11(9-15(12)18)14-8-6-10-3-1-2-4-13(10)17-14/h1-9,18H. The lowest BCUT2D eigenvalue weighted by Gasteiger charge is -2.04. The van der Waals surface area contributed by atoms with E-state index in [0.29, 0.717) is 5.02 Å². The lowest BCUT2D eigenvalue weighted by Crippen LogP contribution is -1.85. The second-order valence-electron chi connectivity index (χ2n) is 4.06. The fraction of sp³-hybridized carbons (Fsp3) is 0. The Morgan fingerprint density at radius 1 is 0.944 bits per heavy atom. The molecule has 18 heavy (non-hydrogen) atoms. The molecule has 2 aromatic carbocycles. The molecule has 0 bridgehead atoms. The smallest absolute Gasteiger partial charge is 0.134 e. The van der Waals surface area contributed by atoms with E-state index in [2.05, 4.69) is 4.98 Å². The van der Waals surface area contributed by atoms with Gasteiger partial charge in [-0.05, 0) is 24.3 Å². The highest BCUT2D eigenvalue weighted by atomic mass is 35.5. The van der Waals surface area contributed by atoms with Crippen LogP contribution in [0.3, 0.4) is 0 Å². The Balaban J connectivity index is 2.16. The SMILES string of the molecule is Oc1cc(-c2ccc3ccccc3n2)ccc1Cl. The van der Waals surface area contributed by atoms with Gasteiger partial charge in [-0.1, -0.05) is 41.9 Å². The molecule has 0 atom stereocenters. The lowest BCUT2D eigenvalue weighted by molar-refractivity contribution is 0.476. The summed E-state index contributed by atoms with van der Waals surface area (Å²) in [5, 5.41) is 11.1. The average molecular weight is 256 g/mol. The summed E-state index contributed by atoms with van der Waals surface area (Å²) in [4.78, 5) is 4.56. The normalized spacial score (nSPS) is 10.7. The van der Waals surface area contributed by atoms with Crippen molar-refractivity contribution in [1.29, 1.82) is 0 Å². The number of hydrogen-bond donors (Lipinski definition) is 1. The van der Waals surface area contributed by atoms with E-state index >= 15 is 0 Å². The Hall–Kier alpha value is -2.06. The zero-order valence-corrected chi connectivity index (χ0v) is 10.2. The molecule has 0 aliphatic heterocycles. The summed E-state index contributed by atoms with van der Waals surface area (Å²) in [6.45, 7) is 0. The Kier molecular flexibility index (Phi) is 2.65. The topological polar surface area (TPSA) is 33.1 Å². The van der Waals surface area contributed by atoms with Crippen molar-refractivity contribution < 1.29 is 5.11 Å². The number of pyridine rings is 1. The van der Waals surface area contributed by atoms with Gasteiger partial charge in [-0.3, -0.25) is 0 Å². The van der Waals surface area contributed by atoms with Crippen LogP contribution in [0.4, 0.5) is 0 Å². The Bertz CT molecular complexity index is 725. The fourth-order valence-electron chi connectivity index (χ4n) is 1.90. The van der Waals surface area contributed by atoms with Crippen LogP contribution in [0.2, 0.25) is 5.02 Å². The minimum atomic E-state index is 0.0733. The van der Waals surface area contributed by atoms with E-state index in [0.717, 1.165) is 22.2 Å². The Labute approximate surface area is 109 Å². The first-order valence-electron chi connectivity index (χ1n) is 5.59. The second-order valence-corrected chi connectivity index (χ2v) is 4.46. The van der Waals surface area contributed by atoms with Gasteiger partial charge >= 0.3 is 0 Å². The number of nitrogens with zero attached hydrogens (tertiary/aromatic N) is 1. The van der Waals surface area contributed by atoms with Gasteiger partial charge in [0.05, 0.1) is 16.2 Å². The average Bonchev–Trinajstić information content (AvgIpc) is 2.41. The minimum absolute atomic E-state index is 0.0733. The van der Waals surface area contributed by atoms with Crippen molar-refractivity contribution in [2.24, 2.45) is 0 Å². The first-order valence-corrected chi connectivity index (χ1v) is 5.96. The molecule has 0 aliphatic rings. The predicted octanol–water partition coefficient (Wildman–Crippen LogP) is 4.26. The number of para-hydroxylation sites is 1. The van der Waals surface area contributed by atoms with Crippen LogP contribution in [0.25, 0.3) is 22.2 Å². The van der Waals surface area contributed by atoms with Gasteiger partial charge in [0.25, 0.3) is 0 Å². The summed E-state index contributed by atoms with van der Waals surface area (Å²) in [6, 6.07) is 17.0. The molecule has 3 rings (SSSR count). The molecule has 0 amide bonds. The van der Waals surface area contributed by atoms with Crippen LogP contribution >= 0.6 is 11.6 Å². The van der Waals surface area contributed by atoms with Crippen LogP contribution < -0.4 is 0 Å². The molecule has 0 aliphatic carbocycles. The molecule has 3 aromatic rings. The molecule has 0 spiro atoms. The number of halogens is 1. The number of benzene rings is 2. The van der Waals surface area contributed by atoms with E-state index in [-0.39, 0.29) is 5.75 Å². The lowest BCUT2D eigenvalue weighted by atomic mass is 10.1. The summed E-state index contributed by atoms with van der Waals surface area (Å²) in [5.41, 5.74) is 2.60. The molecule has 1 heterocycles. The van der Waals surface area contributed by atoms with Gasteiger partial charge in [-0.15, -0.1) is 0 Å². The van der Waals surface area contributed by atoms with Gasteiger partial charge in [0.15, 0.2) is 0 Å². The molecule has 0 saturated heterocycles. The van der Waals surface area contributed by atoms with Crippen molar-refractivity contribution in [3.63, 3.8) is 0 Å². The highest BCUT2D eigenvalue weighted by molar-refractivity contribution is 6.32. The van der Waals surface area contributed by atoms with Crippen molar-refractivity contribution in [1.82, 2.24) is 4.98 Å². The highest BCUT2D eigenvalue weighted by Gasteiger charge is 2.04.